The number of benzene rings is 1. The van der Waals surface area contributed by atoms with E-state index in [0.29, 0.717) is 0 Å². The van der Waals surface area contributed by atoms with Crippen LogP contribution in [-0.2, 0) is 11.0 Å². The molecule has 0 atom stereocenters. The third-order valence-corrected chi connectivity index (χ3v) is 4.31. The van der Waals surface area contributed by atoms with Crippen LogP contribution in [0.1, 0.15) is 57.6 Å². The van der Waals surface area contributed by atoms with Crippen LogP contribution in [0.4, 0.5) is 8.78 Å². The van der Waals surface area contributed by atoms with Crippen molar-refractivity contribution in [1.82, 2.24) is 0 Å². The zero-order valence-electron chi connectivity index (χ0n) is 12.7. The molecule has 0 aromatic heterocycles. The van der Waals surface area contributed by atoms with E-state index in [1.165, 1.54) is 0 Å². The molecular weight excluding hydrogens is 272 g/mol. The third kappa shape index (κ3) is 3.35. The molecule has 1 saturated carbocycles. The van der Waals surface area contributed by atoms with Gasteiger partial charge in [-0.1, -0.05) is 50.2 Å². The quantitative estimate of drug-likeness (QED) is 0.381. The zero-order valence-corrected chi connectivity index (χ0v) is 12.7. The summed E-state index contributed by atoms with van der Waals surface area (Å²) in [6.07, 6.45) is -0.0765. The summed E-state index contributed by atoms with van der Waals surface area (Å²) < 4.78 is 26.9. The van der Waals surface area contributed by atoms with E-state index in [2.05, 4.69) is 30.8 Å². The van der Waals surface area contributed by atoms with Gasteiger partial charge in [-0.2, -0.15) is 0 Å². The summed E-state index contributed by atoms with van der Waals surface area (Å²) in [5, 5.41) is 3.92. The predicted octanol–water partition coefficient (Wildman–Crippen LogP) is 5.70. The van der Waals surface area contributed by atoms with Gasteiger partial charge in [0.2, 0.25) is 5.92 Å². The van der Waals surface area contributed by atoms with Crippen LogP contribution in [0.3, 0.4) is 0 Å². The standard InChI is InChI=1S/C16H21F2N3/c1-14(2,3)12-5-4-6-13(11-12)15(20-21-19)7-9-16(17,18)10-8-15/h4-6,11H,7-10H2,1-3H3. The summed E-state index contributed by atoms with van der Waals surface area (Å²) in [6.45, 7) is 6.30. The molecule has 114 valence electrons. The van der Waals surface area contributed by atoms with Gasteiger partial charge in [0.25, 0.3) is 0 Å². The van der Waals surface area contributed by atoms with Crippen molar-refractivity contribution in [3.8, 4) is 0 Å². The van der Waals surface area contributed by atoms with E-state index < -0.39 is 11.5 Å². The molecule has 0 radical (unpaired) electrons. The minimum atomic E-state index is -2.64. The molecule has 2 rings (SSSR count). The second-order valence-electron chi connectivity index (χ2n) is 6.91. The first-order valence-electron chi connectivity index (χ1n) is 7.24. The van der Waals surface area contributed by atoms with Gasteiger partial charge in [0, 0.05) is 17.8 Å². The normalized spacial score (nSPS) is 20.6. The van der Waals surface area contributed by atoms with Crippen molar-refractivity contribution in [2.24, 2.45) is 5.11 Å². The molecular formula is C16H21F2N3. The molecule has 0 N–H and O–H groups in total. The highest BCUT2D eigenvalue weighted by atomic mass is 19.3. The van der Waals surface area contributed by atoms with Crippen LogP contribution >= 0.6 is 0 Å². The Balaban J connectivity index is 2.43. The Bertz CT molecular complexity index is 559. The van der Waals surface area contributed by atoms with E-state index in [4.69, 9.17) is 5.53 Å². The second-order valence-corrected chi connectivity index (χ2v) is 6.91. The van der Waals surface area contributed by atoms with Gasteiger partial charge in [0.05, 0.1) is 5.54 Å². The van der Waals surface area contributed by atoms with E-state index in [1.807, 2.05) is 24.3 Å². The SMILES string of the molecule is CC(C)(C)c1cccc(C2(N=[N+]=[N-])CCC(F)(F)CC2)c1. The Labute approximate surface area is 124 Å². The zero-order chi connectivity index (χ0) is 15.7. The predicted molar refractivity (Wildman–Crippen MR) is 79.4 cm³/mol. The highest BCUT2D eigenvalue weighted by Gasteiger charge is 2.44. The van der Waals surface area contributed by atoms with Crippen LogP contribution in [-0.4, -0.2) is 5.92 Å². The Morgan fingerprint density at radius 3 is 2.29 bits per heavy atom. The monoisotopic (exact) mass is 293 g/mol. The van der Waals surface area contributed by atoms with Gasteiger partial charge in [-0.05, 0) is 34.9 Å². The van der Waals surface area contributed by atoms with Crippen LogP contribution in [0.25, 0.3) is 10.4 Å². The average molecular weight is 293 g/mol. The van der Waals surface area contributed by atoms with Crippen molar-refractivity contribution >= 4 is 0 Å². The number of rotatable bonds is 2. The van der Waals surface area contributed by atoms with Crippen molar-refractivity contribution in [3.63, 3.8) is 0 Å². The summed E-state index contributed by atoms with van der Waals surface area (Å²) in [6, 6.07) is 7.81. The number of alkyl halides is 2. The molecule has 0 heterocycles. The molecule has 0 saturated heterocycles. The molecule has 0 bridgehead atoms. The van der Waals surface area contributed by atoms with Crippen molar-refractivity contribution in [3.05, 3.63) is 45.8 Å². The van der Waals surface area contributed by atoms with Gasteiger partial charge in [-0.25, -0.2) is 8.78 Å². The minimum Gasteiger partial charge on any atom is -0.207 e. The van der Waals surface area contributed by atoms with Crippen LogP contribution in [0.15, 0.2) is 29.4 Å². The van der Waals surface area contributed by atoms with Crippen molar-refractivity contribution in [2.75, 3.05) is 0 Å². The van der Waals surface area contributed by atoms with Gasteiger partial charge in [0.1, 0.15) is 0 Å². The number of azide groups is 1. The molecule has 0 aliphatic heterocycles. The lowest BCUT2D eigenvalue weighted by Gasteiger charge is -2.37. The molecule has 1 aliphatic carbocycles. The van der Waals surface area contributed by atoms with Gasteiger partial charge >= 0.3 is 0 Å². The van der Waals surface area contributed by atoms with Crippen LogP contribution in [0.2, 0.25) is 0 Å². The van der Waals surface area contributed by atoms with Crippen molar-refractivity contribution < 1.29 is 8.78 Å². The maximum Gasteiger partial charge on any atom is 0.248 e. The Hall–Kier alpha value is -1.61. The smallest absolute Gasteiger partial charge is 0.207 e. The molecule has 1 aliphatic rings. The van der Waals surface area contributed by atoms with Crippen LogP contribution < -0.4 is 0 Å². The lowest BCUT2D eigenvalue weighted by molar-refractivity contribution is -0.0513. The highest BCUT2D eigenvalue weighted by molar-refractivity contribution is 5.34. The van der Waals surface area contributed by atoms with Crippen LogP contribution in [0, 0.1) is 0 Å². The van der Waals surface area contributed by atoms with Crippen molar-refractivity contribution in [2.45, 2.75) is 63.3 Å². The number of hydrogen-bond donors (Lipinski definition) is 0. The molecule has 3 nitrogen and oxygen atoms in total. The summed E-state index contributed by atoms with van der Waals surface area (Å²) in [5.41, 5.74) is 9.97. The number of hydrogen-bond acceptors (Lipinski definition) is 1. The Morgan fingerprint density at radius 1 is 1.14 bits per heavy atom. The van der Waals surface area contributed by atoms with E-state index >= 15 is 0 Å². The Kier molecular flexibility index (Phi) is 3.98. The molecule has 21 heavy (non-hydrogen) atoms. The molecule has 5 heteroatoms. The Morgan fingerprint density at radius 2 is 1.76 bits per heavy atom. The highest BCUT2D eigenvalue weighted by Crippen LogP contribution is 2.47. The van der Waals surface area contributed by atoms with E-state index in [1.54, 1.807) is 0 Å². The second kappa shape index (κ2) is 5.30. The van der Waals surface area contributed by atoms with E-state index in [9.17, 15) is 8.78 Å². The third-order valence-electron chi connectivity index (χ3n) is 4.31. The minimum absolute atomic E-state index is 0.0356. The van der Waals surface area contributed by atoms with Gasteiger partial charge in [-0.15, -0.1) is 0 Å². The molecule has 1 fully saturated rings. The maximum atomic E-state index is 13.4. The fourth-order valence-electron chi connectivity index (χ4n) is 2.84. The lowest BCUT2D eigenvalue weighted by Crippen LogP contribution is -2.35. The topological polar surface area (TPSA) is 48.8 Å². The first kappa shape index (κ1) is 15.8. The summed E-state index contributed by atoms with van der Waals surface area (Å²) in [7, 11) is 0. The summed E-state index contributed by atoms with van der Waals surface area (Å²) in [5.74, 6) is -2.64. The summed E-state index contributed by atoms with van der Waals surface area (Å²) >= 11 is 0. The lowest BCUT2D eigenvalue weighted by atomic mass is 9.74. The molecule has 0 unspecified atom stereocenters. The first-order valence-corrected chi connectivity index (χ1v) is 7.24. The largest absolute Gasteiger partial charge is 0.248 e. The van der Waals surface area contributed by atoms with Gasteiger partial charge in [0.15, 0.2) is 0 Å². The van der Waals surface area contributed by atoms with Crippen LogP contribution in [0.5, 0.6) is 0 Å². The van der Waals surface area contributed by atoms with Gasteiger partial charge < -0.3 is 0 Å². The van der Waals surface area contributed by atoms with E-state index in [0.717, 1.165) is 11.1 Å². The molecule has 0 spiro atoms. The average Bonchev–Trinajstić information content (AvgIpc) is 2.41. The number of halogens is 2. The van der Waals surface area contributed by atoms with Crippen molar-refractivity contribution in [1.29, 1.82) is 0 Å². The molecule has 1 aromatic rings. The fourth-order valence-corrected chi connectivity index (χ4v) is 2.84. The van der Waals surface area contributed by atoms with E-state index in [-0.39, 0.29) is 31.1 Å². The summed E-state index contributed by atoms with van der Waals surface area (Å²) in [4.78, 5) is 2.93. The maximum absolute atomic E-state index is 13.4. The first-order chi connectivity index (χ1) is 9.69. The van der Waals surface area contributed by atoms with Gasteiger partial charge in [-0.3, -0.25) is 0 Å². The molecule has 0 amide bonds. The molecule has 1 aromatic carbocycles. The fraction of sp³-hybridized carbons (Fsp3) is 0.625. The number of nitrogens with zero attached hydrogens (tertiary/aromatic N) is 3.